The maximum Gasteiger partial charge on any atom is 0.162 e. The molecule has 5 nitrogen and oxygen atoms in total. The van der Waals surface area contributed by atoms with E-state index >= 15 is 0 Å². The highest BCUT2D eigenvalue weighted by atomic mass is 15.0. The molecule has 3 heterocycles. The summed E-state index contributed by atoms with van der Waals surface area (Å²) in [6.45, 7) is 5.00. The molecule has 5 heteroatoms. The van der Waals surface area contributed by atoms with Crippen LogP contribution in [0.3, 0.4) is 0 Å². The summed E-state index contributed by atoms with van der Waals surface area (Å²) in [4.78, 5) is 18.8. The van der Waals surface area contributed by atoms with Crippen molar-refractivity contribution in [2.24, 2.45) is 0 Å². The molecule has 0 radical (unpaired) electrons. The summed E-state index contributed by atoms with van der Waals surface area (Å²) in [6, 6.07) is 26.4. The van der Waals surface area contributed by atoms with Crippen molar-refractivity contribution in [2.75, 3.05) is 5.32 Å². The van der Waals surface area contributed by atoms with E-state index in [0.29, 0.717) is 12.5 Å². The molecule has 33 heavy (non-hydrogen) atoms. The normalized spacial score (nSPS) is 11.1. The minimum atomic E-state index is 0.386. The van der Waals surface area contributed by atoms with Crippen molar-refractivity contribution in [1.29, 1.82) is 0 Å². The van der Waals surface area contributed by atoms with Crippen LogP contribution in [0.1, 0.15) is 30.9 Å². The Kier molecular flexibility index (Phi) is 5.77. The van der Waals surface area contributed by atoms with Gasteiger partial charge in [0.05, 0.1) is 16.9 Å². The van der Waals surface area contributed by atoms with E-state index in [0.717, 1.165) is 45.1 Å². The first-order valence-corrected chi connectivity index (χ1v) is 11.2. The molecule has 0 bridgehead atoms. The van der Waals surface area contributed by atoms with Gasteiger partial charge in [-0.3, -0.25) is 9.97 Å². The van der Waals surface area contributed by atoms with E-state index in [-0.39, 0.29) is 0 Å². The zero-order chi connectivity index (χ0) is 22.6. The predicted octanol–water partition coefficient (Wildman–Crippen LogP) is 6.49. The van der Waals surface area contributed by atoms with Gasteiger partial charge >= 0.3 is 0 Å². The fraction of sp³-hybridized carbons (Fsp3) is 0.143. The van der Waals surface area contributed by atoms with E-state index in [1.165, 1.54) is 5.56 Å². The van der Waals surface area contributed by atoms with Gasteiger partial charge in [0.25, 0.3) is 0 Å². The van der Waals surface area contributed by atoms with Crippen LogP contribution in [0.4, 0.5) is 5.82 Å². The van der Waals surface area contributed by atoms with Crippen LogP contribution in [0, 0.1) is 0 Å². The average molecular weight is 432 g/mol. The van der Waals surface area contributed by atoms with E-state index in [2.05, 4.69) is 59.5 Å². The number of anilines is 1. The number of hydrogen-bond donors (Lipinski definition) is 1. The largest absolute Gasteiger partial charge is 0.365 e. The standard InChI is InChI=1S/C28H25N5/c1-19(2)21-9-3-4-10-22(21)28-32-24-12-6-5-11-23(24)27(33-28)31-18-20-14-15-26(30-17-20)25-13-7-8-16-29-25/h3-17,19H,18H2,1-2H3,(H,31,32,33). The topological polar surface area (TPSA) is 63.6 Å². The molecule has 0 saturated heterocycles. The monoisotopic (exact) mass is 431 g/mol. The van der Waals surface area contributed by atoms with Gasteiger partial charge in [-0.25, -0.2) is 9.97 Å². The maximum absolute atomic E-state index is 4.94. The van der Waals surface area contributed by atoms with Gasteiger partial charge in [0.2, 0.25) is 0 Å². The summed E-state index contributed by atoms with van der Waals surface area (Å²) in [6.07, 6.45) is 3.66. The molecule has 2 aromatic carbocycles. The smallest absolute Gasteiger partial charge is 0.162 e. The highest BCUT2D eigenvalue weighted by Crippen LogP contribution is 2.30. The van der Waals surface area contributed by atoms with Crippen LogP contribution in [-0.4, -0.2) is 19.9 Å². The predicted molar refractivity (Wildman–Crippen MR) is 134 cm³/mol. The fourth-order valence-corrected chi connectivity index (χ4v) is 3.92. The van der Waals surface area contributed by atoms with Gasteiger partial charge in [-0.1, -0.05) is 62.4 Å². The first-order valence-electron chi connectivity index (χ1n) is 11.2. The number of aromatic nitrogens is 4. The Hall–Kier alpha value is -4.12. The summed E-state index contributed by atoms with van der Waals surface area (Å²) in [5, 5.41) is 4.52. The van der Waals surface area contributed by atoms with Gasteiger partial charge in [0, 0.05) is 29.9 Å². The van der Waals surface area contributed by atoms with Crippen molar-refractivity contribution >= 4 is 16.7 Å². The second kappa shape index (κ2) is 9.17. The Morgan fingerprint density at radius 2 is 1.55 bits per heavy atom. The molecule has 0 aliphatic carbocycles. The van der Waals surface area contributed by atoms with Crippen LogP contribution in [-0.2, 0) is 6.54 Å². The molecule has 0 fully saturated rings. The lowest BCUT2D eigenvalue weighted by atomic mass is 9.97. The zero-order valence-corrected chi connectivity index (χ0v) is 18.7. The molecule has 162 valence electrons. The molecule has 1 N–H and O–H groups in total. The fourth-order valence-electron chi connectivity index (χ4n) is 3.92. The third-order valence-corrected chi connectivity index (χ3v) is 5.64. The molecule has 0 saturated carbocycles. The number of hydrogen-bond acceptors (Lipinski definition) is 5. The Bertz CT molecular complexity index is 1380. The van der Waals surface area contributed by atoms with Crippen molar-refractivity contribution in [3.8, 4) is 22.8 Å². The minimum absolute atomic E-state index is 0.386. The van der Waals surface area contributed by atoms with Crippen molar-refractivity contribution < 1.29 is 0 Å². The number of nitrogens with one attached hydrogen (secondary N) is 1. The molecular formula is C28H25N5. The van der Waals surface area contributed by atoms with Gasteiger partial charge < -0.3 is 5.32 Å². The summed E-state index contributed by atoms with van der Waals surface area (Å²) >= 11 is 0. The summed E-state index contributed by atoms with van der Waals surface area (Å²) in [5.74, 6) is 1.95. The molecule has 0 aliphatic heterocycles. The van der Waals surface area contributed by atoms with Gasteiger partial charge in [0.15, 0.2) is 5.82 Å². The third kappa shape index (κ3) is 4.44. The second-order valence-electron chi connectivity index (χ2n) is 8.28. The van der Waals surface area contributed by atoms with E-state index in [4.69, 9.17) is 9.97 Å². The molecule has 0 aliphatic rings. The molecule has 0 unspecified atom stereocenters. The van der Waals surface area contributed by atoms with E-state index in [9.17, 15) is 0 Å². The molecule has 0 atom stereocenters. The lowest BCUT2D eigenvalue weighted by Gasteiger charge is -2.15. The third-order valence-electron chi connectivity index (χ3n) is 5.64. The maximum atomic E-state index is 4.94. The lowest BCUT2D eigenvalue weighted by molar-refractivity contribution is 0.866. The second-order valence-corrected chi connectivity index (χ2v) is 8.28. The van der Waals surface area contributed by atoms with E-state index < -0.39 is 0 Å². The molecule has 0 amide bonds. The van der Waals surface area contributed by atoms with E-state index in [1.54, 1.807) is 6.20 Å². The van der Waals surface area contributed by atoms with Crippen LogP contribution in [0.25, 0.3) is 33.7 Å². The highest BCUT2D eigenvalue weighted by Gasteiger charge is 2.14. The number of pyridine rings is 2. The van der Waals surface area contributed by atoms with Crippen LogP contribution in [0.5, 0.6) is 0 Å². The number of rotatable bonds is 6. The Morgan fingerprint density at radius 1 is 0.758 bits per heavy atom. The van der Waals surface area contributed by atoms with E-state index in [1.807, 2.05) is 54.7 Å². The van der Waals surface area contributed by atoms with Crippen molar-refractivity contribution in [1.82, 2.24) is 19.9 Å². The van der Waals surface area contributed by atoms with Gasteiger partial charge in [-0.05, 0) is 47.4 Å². The van der Waals surface area contributed by atoms with Gasteiger partial charge in [-0.15, -0.1) is 0 Å². The number of fused-ring (bicyclic) bond motifs is 1. The van der Waals surface area contributed by atoms with Crippen LogP contribution in [0.2, 0.25) is 0 Å². The van der Waals surface area contributed by atoms with Crippen LogP contribution >= 0.6 is 0 Å². The number of para-hydroxylation sites is 1. The highest BCUT2D eigenvalue weighted by molar-refractivity contribution is 5.90. The zero-order valence-electron chi connectivity index (χ0n) is 18.7. The Balaban J connectivity index is 1.46. The van der Waals surface area contributed by atoms with Gasteiger partial charge in [-0.2, -0.15) is 0 Å². The molecule has 5 rings (SSSR count). The number of benzene rings is 2. The molecule has 3 aromatic heterocycles. The minimum Gasteiger partial charge on any atom is -0.365 e. The first kappa shape index (κ1) is 20.8. The molecular weight excluding hydrogens is 406 g/mol. The summed E-state index contributed by atoms with van der Waals surface area (Å²) in [7, 11) is 0. The molecule has 0 spiro atoms. The van der Waals surface area contributed by atoms with Crippen LogP contribution < -0.4 is 5.32 Å². The van der Waals surface area contributed by atoms with Gasteiger partial charge in [0.1, 0.15) is 5.82 Å². The Morgan fingerprint density at radius 3 is 2.33 bits per heavy atom. The number of nitrogens with zero attached hydrogens (tertiary/aromatic N) is 4. The van der Waals surface area contributed by atoms with Crippen molar-refractivity contribution in [3.63, 3.8) is 0 Å². The van der Waals surface area contributed by atoms with Crippen molar-refractivity contribution in [3.05, 3.63) is 102 Å². The quantitative estimate of drug-likeness (QED) is 0.333. The first-order chi connectivity index (χ1) is 16.2. The van der Waals surface area contributed by atoms with Crippen molar-refractivity contribution in [2.45, 2.75) is 26.3 Å². The SMILES string of the molecule is CC(C)c1ccccc1-c1nc(NCc2ccc(-c3ccccn3)nc2)c2ccccc2n1. The molecule has 5 aromatic rings. The average Bonchev–Trinajstić information content (AvgIpc) is 2.88. The summed E-state index contributed by atoms with van der Waals surface area (Å²) in [5.41, 5.74) is 6.04. The summed E-state index contributed by atoms with van der Waals surface area (Å²) < 4.78 is 0. The Labute approximate surface area is 193 Å². The lowest BCUT2D eigenvalue weighted by Crippen LogP contribution is -2.05. The van der Waals surface area contributed by atoms with Crippen LogP contribution in [0.15, 0.2) is 91.3 Å².